The van der Waals surface area contributed by atoms with Crippen LogP contribution in [-0.2, 0) is 18.4 Å². The minimum atomic E-state index is -1.19. The van der Waals surface area contributed by atoms with Gasteiger partial charge in [-0.2, -0.15) is 0 Å². The molecule has 0 spiro atoms. The van der Waals surface area contributed by atoms with Gasteiger partial charge in [0.05, 0.1) is 18.2 Å². The molecule has 110 valence electrons. The summed E-state index contributed by atoms with van der Waals surface area (Å²) in [5, 5.41) is 19.5. The van der Waals surface area contributed by atoms with Gasteiger partial charge in [0, 0.05) is 13.1 Å². The molecule has 0 atom stereocenters. The Bertz CT molecular complexity index is 700. The van der Waals surface area contributed by atoms with Crippen LogP contribution in [0.2, 0.25) is 0 Å². The third-order valence-corrected chi connectivity index (χ3v) is 3.23. The zero-order valence-electron chi connectivity index (χ0n) is 11.4. The second kappa shape index (κ2) is 5.00. The van der Waals surface area contributed by atoms with E-state index in [-0.39, 0.29) is 29.9 Å². The van der Waals surface area contributed by atoms with Gasteiger partial charge in [-0.1, -0.05) is 5.21 Å². The molecule has 2 aromatic heterocycles. The summed E-state index contributed by atoms with van der Waals surface area (Å²) in [7, 11) is 1.73. The lowest BCUT2D eigenvalue weighted by Crippen LogP contribution is -2.30. The van der Waals surface area contributed by atoms with Crippen molar-refractivity contribution < 1.29 is 14.7 Å². The van der Waals surface area contributed by atoms with Crippen LogP contribution in [0.3, 0.4) is 0 Å². The first-order valence-corrected chi connectivity index (χ1v) is 6.49. The first-order valence-electron chi connectivity index (χ1n) is 6.49. The highest BCUT2D eigenvalue weighted by molar-refractivity contribution is 5.92. The lowest BCUT2D eigenvalue weighted by molar-refractivity contribution is -0.122. The van der Waals surface area contributed by atoms with Crippen LogP contribution in [0.15, 0.2) is 12.5 Å². The van der Waals surface area contributed by atoms with Crippen molar-refractivity contribution in [3.63, 3.8) is 0 Å². The molecule has 1 amide bonds. The molecule has 0 saturated heterocycles. The van der Waals surface area contributed by atoms with Crippen molar-refractivity contribution in [3.8, 4) is 11.4 Å². The molecule has 21 heavy (non-hydrogen) atoms. The third-order valence-electron chi connectivity index (χ3n) is 3.23. The molecule has 2 N–H and O–H groups in total. The number of imidazole rings is 1. The average Bonchev–Trinajstić information content (AvgIpc) is 2.97. The van der Waals surface area contributed by atoms with Crippen molar-refractivity contribution in [2.45, 2.75) is 25.4 Å². The van der Waals surface area contributed by atoms with Crippen LogP contribution in [-0.4, -0.2) is 47.6 Å². The Labute approximate surface area is 119 Å². The van der Waals surface area contributed by atoms with Crippen molar-refractivity contribution in [3.05, 3.63) is 18.2 Å². The van der Waals surface area contributed by atoms with Gasteiger partial charge in [0.2, 0.25) is 5.91 Å². The Balaban J connectivity index is 1.94. The van der Waals surface area contributed by atoms with Crippen LogP contribution in [0.1, 0.15) is 23.3 Å². The quantitative estimate of drug-likeness (QED) is 0.778. The molecule has 1 fully saturated rings. The van der Waals surface area contributed by atoms with Gasteiger partial charge in [0.1, 0.15) is 12.2 Å². The van der Waals surface area contributed by atoms with Crippen LogP contribution >= 0.6 is 0 Å². The van der Waals surface area contributed by atoms with Gasteiger partial charge < -0.3 is 15.0 Å². The predicted molar refractivity (Wildman–Crippen MR) is 70.3 cm³/mol. The maximum Gasteiger partial charge on any atom is 0.358 e. The SMILES string of the molecule is Cn1cncc1-c1c(C(=O)O)nnn1CC(=O)NC1CC1. The summed E-state index contributed by atoms with van der Waals surface area (Å²) >= 11 is 0. The molecule has 3 rings (SSSR count). The molecule has 0 unspecified atom stereocenters. The summed E-state index contributed by atoms with van der Waals surface area (Å²) < 4.78 is 2.94. The number of carbonyl (C=O) groups is 2. The van der Waals surface area contributed by atoms with E-state index in [1.807, 2.05) is 0 Å². The number of rotatable bonds is 5. The molecule has 0 aliphatic heterocycles. The largest absolute Gasteiger partial charge is 0.476 e. The number of nitrogens with one attached hydrogen (secondary N) is 1. The maximum absolute atomic E-state index is 11.9. The number of carboxylic acid groups (broad SMARTS) is 1. The first kappa shape index (κ1) is 13.3. The number of hydrogen-bond acceptors (Lipinski definition) is 5. The van der Waals surface area contributed by atoms with E-state index in [2.05, 4.69) is 20.6 Å². The van der Waals surface area contributed by atoms with Crippen molar-refractivity contribution in [1.29, 1.82) is 0 Å². The van der Waals surface area contributed by atoms with Gasteiger partial charge >= 0.3 is 5.97 Å². The second-order valence-corrected chi connectivity index (χ2v) is 4.98. The zero-order valence-corrected chi connectivity index (χ0v) is 11.4. The Kier molecular flexibility index (Phi) is 3.16. The molecule has 0 bridgehead atoms. The number of hydrogen-bond donors (Lipinski definition) is 2. The number of aromatic carboxylic acids is 1. The summed E-state index contributed by atoms with van der Waals surface area (Å²) in [5.74, 6) is -1.40. The normalized spacial score (nSPS) is 14.1. The average molecular weight is 290 g/mol. The molecule has 0 radical (unpaired) electrons. The number of carboxylic acids is 1. The van der Waals surface area contributed by atoms with Crippen LogP contribution in [0.5, 0.6) is 0 Å². The van der Waals surface area contributed by atoms with Crippen LogP contribution in [0.4, 0.5) is 0 Å². The monoisotopic (exact) mass is 290 g/mol. The van der Waals surface area contributed by atoms with E-state index >= 15 is 0 Å². The highest BCUT2D eigenvalue weighted by Crippen LogP contribution is 2.22. The summed E-state index contributed by atoms with van der Waals surface area (Å²) in [6, 6.07) is 0.236. The minimum absolute atomic E-state index is 0.0721. The van der Waals surface area contributed by atoms with Gasteiger partial charge in [-0.05, 0) is 12.8 Å². The molecule has 2 heterocycles. The van der Waals surface area contributed by atoms with E-state index in [1.54, 1.807) is 17.9 Å². The predicted octanol–water partition coefficient (Wildman–Crippen LogP) is -0.345. The fraction of sp³-hybridized carbons (Fsp3) is 0.417. The molecule has 9 heteroatoms. The molecule has 1 saturated carbocycles. The summed E-state index contributed by atoms with van der Waals surface area (Å²) in [6.45, 7) is -0.0721. The number of aryl methyl sites for hydroxylation is 1. The zero-order chi connectivity index (χ0) is 15.0. The standard InChI is InChI=1S/C12H14N6O3/c1-17-6-13-4-8(17)11-10(12(20)21)15-16-18(11)5-9(19)14-7-2-3-7/h4,6-7H,2-3,5H2,1H3,(H,14,19)(H,20,21). The topological polar surface area (TPSA) is 115 Å². The molecule has 1 aliphatic rings. The van der Waals surface area contributed by atoms with Gasteiger partial charge in [-0.25, -0.2) is 14.5 Å². The molecule has 1 aliphatic carbocycles. The van der Waals surface area contributed by atoms with Crippen LogP contribution in [0, 0.1) is 0 Å². The number of carbonyl (C=O) groups excluding carboxylic acids is 1. The van der Waals surface area contributed by atoms with Gasteiger partial charge in [0.15, 0.2) is 5.69 Å². The maximum atomic E-state index is 11.9. The van der Waals surface area contributed by atoms with E-state index in [9.17, 15) is 14.7 Å². The number of amides is 1. The van der Waals surface area contributed by atoms with Crippen molar-refractivity contribution in [2.75, 3.05) is 0 Å². The van der Waals surface area contributed by atoms with Crippen molar-refractivity contribution in [2.24, 2.45) is 7.05 Å². The van der Waals surface area contributed by atoms with E-state index in [0.717, 1.165) is 12.8 Å². The first-order chi connectivity index (χ1) is 10.1. The van der Waals surface area contributed by atoms with Crippen LogP contribution < -0.4 is 5.32 Å². The Morgan fingerprint density at radius 2 is 2.24 bits per heavy atom. The minimum Gasteiger partial charge on any atom is -0.476 e. The van der Waals surface area contributed by atoms with E-state index < -0.39 is 5.97 Å². The number of aromatic nitrogens is 5. The molecular formula is C12H14N6O3. The Morgan fingerprint density at radius 1 is 1.48 bits per heavy atom. The fourth-order valence-electron chi connectivity index (χ4n) is 2.04. The Morgan fingerprint density at radius 3 is 2.81 bits per heavy atom. The highest BCUT2D eigenvalue weighted by atomic mass is 16.4. The van der Waals surface area contributed by atoms with E-state index in [4.69, 9.17) is 0 Å². The van der Waals surface area contributed by atoms with E-state index in [0.29, 0.717) is 5.69 Å². The summed E-state index contributed by atoms with van der Waals surface area (Å²) in [6.07, 6.45) is 5.03. The summed E-state index contributed by atoms with van der Waals surface area (Å²) in [4.78, 5) is 27.1. The molecule has 2 aromatic rings. The third kappa shape index (κ3) is 2.62. The molecular weight excluding hydrogens is 276 g/mol. The Hall–Kier alpha value is -2.71. The lowest BCUT2D eigenvalue weighted by atomic mass is 10.2. The summed E-state index contributed by atoms with van der Waals surface area (Å²) in [5.41, 5.74) is 0.614. The second-order valence-electron chi connectivity index (χ2n) is 4.98. The van der Waals surface area contributed by atoms with Crippen molar-refractivity contribution in [1.82, 2.24) is 29.9 Å². The molecule has 0 aromatic carbocycles. The molecule has 9 nitrogen and oxygen atoms in total. The smallest absolute Gasteiger partial charge is 0.358 e. The fourth-order valence-corrected chi connectivity index (χ4v) is 2.04. The highest BCUT2D eigenvalue weighted by Gasteiger charge is 2.26. The van der Waals surface area contributed by atoms with Crippen LogP contribution in [0.25, 0.3) is 11.4 Å². The number of nitrogens with zero attached hydrogens (tertiary/aromatic N) is 5. The van der Waals surface area contributed by atoms with Gasteiger partial charge in [0.25, 0.3) is 0 Å². The van der Waals surface area contributed by atoms with Gasteiger partial charge in [-0.15, -0.1) is 5.10 Å². The van der Waals surface area contributed by atoms with Gasteiger partial charge in [-0.3, -0.25) is 4.79 Å². The lowest BCUT2D eigenvalue weighted by Gasteiger charge is -2.08. The van der Waals surface area contributed by atoms with Crippen molar-refractivity contribution >= 4 is 11.9 Å². The van der Waals surface area contributed by atoms with E-state index in [1.165, 1.54) is 10.9 Å².